The molecule has 29 heavy (non-hydrogen) atoms. The Labute approximate surface area is 180 Å². The third kappa shape index (κ3) is 4.45. The zero-order valence-electron chi connectivity index (χ0n) is 16.6. The predicted octanol–water partition coefficient (Wildman–Crippen LogP) is 5.50. The molecule has 0 aliphatic carbocycles. The van der Waals surface area contributed by atoms with Crippen LogP contribution in [0.4, 0.5) is 0 Å². The molecule has 1 N–H and O–H groups in total. The van der Waals surface area contributed by atoms with Gasteiger partial charge in [0.25, 0.3) is 5.56 Å². The first-order chi connectivity index (χ1) is 13.9. The number of halogens is 2. The Morgan fingerprint density at radius 1 is 1.07 bits per heavy atom. The van der Waals surface area contributed by atoms with Crippen molar-refractivity contribution in [2.75, 3.05) is 13.1 Å². The largest absolute Gasteiger partial charge is 0.490 e. The van der Waals surface area contributed by atoms with Crippen LogP contribution in [0.3, 0.4) is 0 Å². The van der Waals surface area contributed by atoms with Gasteiger partial charge in [0.1, 0.15) is 11.9 Å². The Morgan fingerprint density at radius 3 is 2.55 bits per heavy atom. The summed E-state index contributed by atoms with van der Waals surface area (Å²) >= 11 is 12.3. The molecule has 1 aliphatic rings. The van der Waals surface area contributed by atoms with Crippen molar-refractivity contribution in [2.24, 2.45) is 0 Å². The van der Waals surface area contributed by atoms with Gasteiger partial charge < -0.3 is 9.72 Å². The first kappa shape index (κ1) is 20.3. The number of piperidine rings is 1. The fourth-order valence-corrected chi connectivity index (χ4v) is 4.38. The van der Waals surface area contributed by atoms with Gasteiger partial charge in [-0.3, -0.25) is 9.69 Å². The normalized spacial score (nSPS) is 15.7. The van der Waals surface area contributed by atoms with Gasteiger partial charge in [-0.25, -0.2) is 0 Å². The van der Waals surface area contributed by atoms with E-state index in [1.807, 2.05) is 38.1 Å². The van der Waals surface area contributed by atoms with Crippen LogP contribution in [0.15, 0.2) is 41.3 Å². The lowest BCUT2D eigenvalue weighted by Crippen LogP contribution is -2.37. The molecule has 6 heteroatoms. The van der Waals surface area contributed by atoms with E-state index in [0.717, 1.165) is 60.3 Å². The Bertz CT molecular complexity index is 1100. The predicted molar refractivity (Wildman–Crippen MR) is 119 cm³/mol. The Balaban J connectivity index is 1.42. The quantitative estimate of drug-likeness (QED) is 0.594. The van der Waals surface area contributed by atoms with Crippen LogP contribution in [-0.4, -0.2) is 29.1 Å². The zero-order chi connectivity index (χ0) is 20.5. The summed E-state index contributed by atoms with van der Waals surface area (Å²) in [6, 6.07) is 9.61. The number of hydrogen-bond acceptors (Lipinski definition) is 3. The summed E-state index contributed by atoms with van der Waals surface area (Å²) in [4.78, 5) is 17.3. The molecule has 0 radical (unpaired) electrons. The maximum Gasteiger partial charge on any atom is 0.255 e. The minimum atomic E-state index is -0.0607. The second-order valence-electron chi connectivity index (χ2n) is 7.79. The molecule has 0 unspecified atom stereocenters. The molecule has 0 saturated carbocycles. The van der Waals surface area contributed by atoms with Gasteiger partial charge in [-0.1, -0.05) is 29.3 Å². The first-order valence-electron chi connectivity index (χ1n) is 9.86. The van der Waals surface area contributed by atoms with Crippen LogP contribution in [-0.2, 0) is 6.54 Å². The summed E-state index contributed by atoms with van der Waals surface area (Å²) in [5.41, 5.74) is 3.07. The van der Waals surface area contributed by atoms with Gasteiger partial charge in [0.2, 0.25) is 0 Å². The third-order valence-corrected chi connectivity index (χ3v) is 6.23. The average molecular weight is 431 g/mol. The second kappa shape index (κ2) is 8.39. The topological polar surface area (TPSA) is 45.3 Å². The molecule has 0 amide bonds. The van der Waals surface area contributed by atoms with Crippen molar-refractivity contribution >= 4 is 34.0 Å². The summed E-state index contributed by atoms with van der Waals surface area (Å²) < 4.78 is 6.34. The number of fused-ring (bicyclic) bond motifs is 1. The molecule has 2 heterocycles. The summed E-state index contributed by atoms with van der Waals surface area (Å²) in [6.45, 7) is 6.72. The number of aromatic nitrogens is 1. The number of ether oxygens (including phenoxy) is 1. The summed E-state index contributed by atoms with van der Waals surface area (Å²) in [7, 11) is 0. The van der Waals surface area contributed by atoms with Crippen molar-refractivity contribution < 1.29 is 4.74 Å². The summed E-state index contributed by atoms with van der Waals surface area (Å²) in [6.07, 6.45) is 3.84. The Kier molecular flexibility index (Phi) is 5.86. The van der Waals surface area contributed by atoms with E-state index in [4.69, 9.17) is 27.9 Å². The van der Waals surface area contributed by atoms with Gasteiger partial charge in [-0.2, -0.15) is 0 Å². The van der Waals surface area contributed by atoms with Crippen LogP contribution in [0.2, 0.25) is 10.0 Å². The van der Waals surface area contributed by atoms with E-state index in [9.17, 15) is 4.79 Å². The average Bonchev–Trinajstić information content (AvgIpc) is 2.69. The van der Waals surface area contributed by atoms with E-state index < -0.39 is 0 Å². The van der Waals surface area contributed by atoms with Crippen LogP contribution < -0.4 is 10.3 Å². The van der Waals surface area contributed by atoms with E-state index in [1.54, 1.807) is 12.3 Å². The second-order valence-corrected chi connectivity index (χ2v) is 8.64. The van der Waals surface area contributed by atoms with Gasteiger partial charge in [-0.15, -0.1) is 0 Å². The van der Waals surface area contributed by atoms with E-state index in [0.29, 0.717) is 15.4 Å². The monoisotopic (exact) mass is 430 g/mol. The van der Waals surface area contributed by atoms with Crippen LogP contribution in [0.1, 0.15) is 29.5 Å². The number of aryl methyl sites for hydroxylation is 2. The molecular formula is C23H24Cl2N2O2. The van der Waals surface area contributed by atoms with Crippen molar-refractivity contribution in [3.63, 3.8) is 0 Å². The van der Waals surface area contributed by atoms with Crippen molar-refractivity contribution in [1.82, 2.24) is 9.88 Å². The maximum absolute atomic E-state index is 12.1. The molecule has 1 fully saturated rings. The maximum atomic E-state index is 12.1. The van der Waals surface area contributed by atoms with Crippen molar-refractivity contribution in [2.45, 2.75) is 39.3 Å². The summed E-state index contributed by atoms with van der Waals surface area (Å²) in [5, 5.41) is 3.04. The van der Waals surface area contributed by atoms with Gasteiger partial charge >= 0.3 is 0 Å². The Morgan fingerprint density at radius 2 is 1.83 bits per heavy atom. The van der Waals surface area contributed by atoms with Crippen LogP contribution in [0, 0.1) is 13.8 Å². The molecule has 1 aliphatic heterocycles. The zero-order valence-corrected chi connectivity index (χ0v) is 18.1. The van der Waals surface area contributed by atoms with Crippen molar-refractivity contribution in [1.29, 1.82) is 0 Å². The third-order valence-electron chi connectivity index (χ3n) is 5.64. The van der Waals surface area contributed by atoms with E-state index >= 15 is 0 Å². The number of nitrogens with zero attached hydrogens (tertiary/aromatic N) is 1. The fourth-order valence-electron chi connectivity index (χ4n) is 3.91. The molecule has 152 valence electrons. The molecule has 4 rings (SSSR count). The molecule has 1 aromatic heterocycles. The first-order valence-corrected chi connectivity index (χ1v) is 10.6. The SMILES string of the molecule is Cc1cc2c(=O)[nH]cc(C)c2cc1OC1CCN(Cc2ccc(Cl)cc2Cl)CC1. The number of H-pyrrole nitrogens is 1. The molecule has 1 saturated heterocycles. The van der Waals surface area contributed by atoms with Crippen LogP contribution in [0.25, 0.3) is 10.8 Å². The van der Waals surface area contributed by atoms with E-state index in [2.05, 4.69) is 9.88 Å². The highest BCUT2D eigenvalue weighted by molar-refractivity contribution is 6.35. The molecular weight excluding hydrogens is 407 g/mol. The minimum absolute atomic E-state index is 0.0607. The number of aromatic amines is 1. The highest BCUT2D eigenvalue weighted by atomic mass is 35.5. The number of likely N-dealkylation sites (tertiary alicyclic amines) is 1. The Hall–Kier alpha value is -2.01. The van der Waals surface area contributed by atoms with Gasteiger partial charge in [0.05, 0.1) is 0 Å². The van der Waals surface area contributed by atoms with E-state index in [1.165, 1.54) is 0 Å². The molecule has 2 aromatic carbocycles. The van der Waals surface area contributed by atoms with Gasteiger partial charge in [-0.05, 0) is 73.0 Å². The number of hydrogen-bond donors (Lipinski definition) is 1. The lowest BCUT2D eigenvalue weighted by Gasteiger charge is -2.32. The number of pyridine rings is 1. The van der Waals surface area contributed by atoms with Crippen molar-refractivity contribution in [3.05, 3.63) is 73.6 Å². The molecule has 0 bridgehead atoms. The van der Waals surface area contributed by atoms with Gasteiger partial charge in [0.15, 0.2) is 0 Å². The van der Waals surface area contributed by atoms with Gasteiger partial charge in [0, 0.05) is 41.3 Å². The van der Waals surface area contributed by atoms with E-state index in [-0.39, 0.29) is 11.7 Å². The molecule has 0 atom stereocenters. The van der Waals surface area contributed by atoms with Crippen molar-refractivity contribution in [3.8, 4) is 5.75 Å². The molecule has 0 spiro atoms. The number of benzene rings is 2. The highest BCUT2D eigenvalue weighted by Crippen LogP contribution is 2.29. The highest BCUT2D eigenvalue weighted by Gasteiger charge is 2.22. The standard InChI is InChI=1S/C23H24Cl2N2O2/c1-14-9-20-19(15(2)12-26-23(20)28)11-22(14)29-18-5-7-27(8-6-18)13-16-3-4-17(24)10-21(16)25/h3-4,9-12,18H,5-8,13H2,1-2H3,(H,26,28). The molecule has 4 nitrogen and oxygen atoms in total. The van der Waals surface area contributed by atoms with Crippen LogP contribution in [0.5, 0.6) is 5.75 Å². The van der Waals surface area contributed by atoms with Crippen LogP contribution >= 0.6 is 23.2 Å². The number of rotatable bonds is 4. The fraction of sp³-hybridized carbons (Fsp3) is 0.348. The lowest BCUT2D eigenvalue weighted by atomic mass is 10.0. The smallest absolute Gasteiger partial charge is 0.255 e. The summed E-state index contributed by atoms with van der Waals surface area (Å²) in [5.74, 6) is 0.866. The number of nitrogens with one attached hydrogen (secondary N) is 1. The lowest BCUT2D eigenvalue weighted by molar-refractivity contribution is 0.0964. The minimum Gasteiger partial charge on any atom is -0.490 e. The molecule has 3 aromatic rings.